The SMILES string of the molecule is CC(Sc1nccn1C)C(N)c1ccc(F)cc1. The van der Waals surface area contributed by atoms with E-state index in [1.807, 2.05) is 24.7 Å². The van der Waals surface area contributed by atoms with Crippen molar-refractivity contribution in [2.75, 3.05) is 0 Å². The van der Waals surface area contributed by atoms with Crippen molar-refractivity contribution in [3.63, 3.8) is 0 Å². The summed E-state index contributed by atoms with van der Waals surface area (Å²) in [6, 6.07) is 6.19. The maximum absolute atomic E-state index is 12.8. The van der Waals surface area contributed by atoms with Gasteiger partial charge in [-0.15, -0.1) is 0 Å². The second-order valence-corrected chi connectivity index (χ2v) is 5.57. The topological polar surface area (TPSA) is 43.8 Å². The molecule has 0 aliphatic rings. The monoisotopic (exact) mass is 265 g/mol. The van der Waals surface area contributed by atoms with Crippen molar-refractivity contribution < 1.29 is 4.39 Å². The molecule has 96 valence electrons. The molecular formula is C13H16FN3S. The largest absolute Gasteiger partial charge is 0.329 e. The molecule has 0 bridgehead atoms. The van der Waals surface area contributed by atoms with Gasteiger partial charge in [0.2, 0.25) is 0 Å². The third kappa shape index (κ3) is 2.91. The summed E-state index contributed by atoms with van der Waals surface area (Å²) in [6.07, 6.45) is 3.66. The highest BCUT2D eigenvalue weighted by atomic mass is 32.2. The molecule has 0 radical (unpaired) electrons. The van der Waals surface area contributed by atoms with Crippen LogP contribution in [0, 0.1) is 5.82 Å². The zero-order chi connectivity index (χ0) is 13.1. The molecule has 1 aromatic heterocycles. The Hall–Kier alpha value is -1.33. The highest BCUT2D eigenvalue weighted by Crippen LogP contribution is 2.29. The first kappa shape index (κ1) is 13.1. The minimum atomic E-state index is -0.240. The normalized spacial score (nSPS) is 14.4. The number of hydrogen-bond acceptors (Lipinski definition) is 3. The van der Waals surface area contributed by atoms with Gasteiger partial charge in [-0.25, -0.2) is 9.37 Å². The summed E-state index contributed by atoms with van der Waals surface area (Å²) < 4.78 is 14.8. The molecule has 0 aliphatic heterocycles. The van der Waals surface area contributed by atoms with Crippen LogP contribution in [0.4, 0.5) is 4.39 Å². The molecule has 0 saturated carbocycles. The number of aromatic nitrogens is 2. The zero-order valence-electron chi connectivity index (χ0n) is 10.4. The van der Waals surface area contributed by atoms with Crippen molar-refractivity contribution in [3.05, 3.63) is 48.0 Å². The number of benzene rings is 1. The summed E-state index contributed by atoms with van der Waals surface area (Å²) >= 11 is 1.62. The minimum Gasteiger partial charge on any atom is -0.329 e. The van der Waals surface area contributed by atoms with E-state index in [2.05, 4.69) is 4.98 Å². The zero-order valence-corrected chi connectivity index (χ0v) is 11.2. The van der Waals surface area contributed by atoms with Gasteiger partial charge in [-0.05, 0) is 17.7 Å². The first-order valence-electron chi connectivity index (χ1n) is 5.73. The molecule has 0 amide bonds. The fourth-order valence-corrected chi connectivity index (χ4v) is 2.65. The van der Waals surface area contributed by atoms with Gasteiger partial charge in [-0.2, -0.15) is 0 Å². The van der Waals surface area contributed by atoms with Crippen molar-refractivity contribution in [2.24, 2.45) is 12.8 Å². The Kier molecular flexibility index (Phi) is 4.04. The van der Waals surface area contributed by atoms with Crippen molar-refractivity contribution in [2.45, 2.75) is 23.4 Å². The summed E-state index contributed by atoms with van der Waals surface area (Å²) in [6.45, 7) is 2.05. The van der Waals surface area contributed by atoms with Crippen molar-refractivity contribution in [1.82, 2.24) is 9.55 Å². The fourth-order valence-electron chi connectivity index (χ4n) is 1.66. The smallest absolute Gasteiger partial charge is 0.167 e. The van der Waals surface area contributed by atoms with Gasteiger partial charge < -0.3 is 10.3 Å². The lowest BCUT2D eigenvalue weighted by Crippen LogP contribution is -2.21. The lowest BCUT2D eigenvalue weighted by molar-refractivity contribution is 0.624. The van der Waals surface area contributed by atoms with E-state index < -0.39 is 0 Å². The van der Waals surface area contributed by atoms with Crippen molar-refractivity contribution in [3.8, 4) is 0 Å². The molecule has 0 aliphatic carbocycles. The van der Waals surface area contributed by atoms with Crippen LogP contribution in [0.2, 0.25) is 0 Å². The molecule has 18 heavy (non-hydrogen) atoms. The van der Waals surface area contributed by atoms with Gasteiger partial charge in [-0.3, -0.25) is 0 Å². The number of halogens is 1. The molecule has 1 heterocycles. The minimum absolute atomic E-state index is 0.146. The Balaban J connectivity index is 2.07. The molecule has 2 rings (SSSR count). The Morgan fingerprint density at radius 2 is 2.00 bits per heavy atom. The molecule has 0 saturated heterocycles. The van der Waals surface area contributed by atoms with Crippen LogP contribution in [-0.4, -0.2) is 14.8 Å². The second kappa shape index (κ2) is 5.54. The number of hydrogen-bond donors (Lipinski definition) is 1. The average molecular weight is 265 g/mol. The molecule has 3 nitrogen and oxygen atoms in total. The van der Waals surface area contributed by atoms with E-state index in [0.717, 1.165) is 10.7 Å². The average Bonchev–Trinajstić information content (AvgIpc) is 2.75. The predicted molar refractivity (Wildman–Crippen MR) is 71.9 cm³/mol. The Morgan fingerprint density at radius 1 is 1.33 bits per heavy atom. The molecule has 0 spiro atoms. The summed E-state index contributed by atoms with van der Waals surface area (Å²) in [5.74, 6) is -0.240. The lowest BCUT2D eigenvalue weighted by Gasteiger charge is -2.19. The number of rotatable bonds is 4. The van der Waals surface area contributed by atoms with Crippen LogP contribution >= 0.6 is 11.8 Å². The van der Waals surface area contributed by atoms with Gasteiger partial charge in [0, 0.05) is 30.7 Å². The molecule has 2 aromatic rings. The van der Waals surface area contributed by atoms with E-state index in [9.17, 15) is 4.39 Å². The first-order chi connectivity index (χ1) is 8.58. The number of imidazole rings is 1. The van der Waals surface area contributed by atoms with Gasteiger partial charge in [0.1, 0.15) is 5.82 Å². The highest BCUT2D eigenvalue weighted by molar-refractivity contribution is 7.99. The first-order valence-corrected chi connectivity index (χ1v) is 6.61. The maximum atomic E-state index is 12.8. The molecule has 2 N–H and O–H groups in total. The van der Waals surface area contributed by atoms with Crippen LogP contribution in [0.15, 0.2) is 41.8 Å². The van der Waals surface area contributed by atoms with Crippen LogP contribution in [0.3, 0.4) is 0 Å². The van der Waals surface area contributed by atoms with Crippen molar-refractivity contribution in [1.29, 1.82) is 0 Å². The van der Waals surface area contributed by atoms with E-state index in [-0.39, 0.29) is 17.1 Å². The molecule has 2 unspecified atom stereocenters. The van der Waals surface area contributed by atoms with E-state index >= 15 is 0 Å². The van der Waals surface area contributed by atoms with E-state index in [4.69, 9.17) is 5.73 Å². The summed E-state index contributed by atoms with van der Waals surface area (Å²) in [5.41, 5.74) is 7.11. The quantitative estimate of drug-likeness (QED) is 0.864. The van der Waals surface area contributed by atoms with Gasteiger partial charge >= 0.3 is 0 Å². The van der Waals surface area contributed by atoms with Gasteiger partial charge in [0.05, 0.1) is 0 Å². The molecule has 5 heteroatoms. The van der Waals surface area contributed by atoms with Crippen LogP contribution in [0.25, 0.3) is 0 Å². The van der Waals surface area contributed by atoms with Gasteiger partial charge in [-0.1, -0.05) is 30.8 Å². The third-order valence-corrected chi connectivity index (χ3v) is 4.10. The van der Waals surface area contributed by atoms with Crippen LogP contribution in [0.5, 0.6) is 0 Å². The lowest BCUT2D eigenvalue weighted by atomic mass is 10.1. The molecule has 2 atom stereocenters. The van der Waals surface area contributed by atoms with E-state index in [1.165, 1.54) is 12.1 Å². The molecule has 0 fully saturated rings. The van der Waals surface area contributed by atoms with E-state index in [0.29, 0.717) is 0 Å². The van der Waals surface area contributed by atoms with Gasteiger partial charge in [0.15, 0.2) is 5.16 Å². The third-order valence-electron chi connectivity index (χ3n) is 2.83. The molecule has 1 aromatic carbocycles. The van der Waals surface area contributed by atoms with E-state index in [1.54, 1.807) is 30.1 Å². The Morgan fingerprint density at radius 3 is 2.56 bits per heavy atom. The molecular weight excluding hydrogens is 249 g/mol. The standard InChI is InChI=1S/C13H16FN3S/c1-9(18-13-16-7-8-17(13)2)12(15)10-3-5-11(14)6-4-10/h3-9,12H,15H2,1-2H3. The number of nitrogens with two attached hydrogens (primary N) is 1. The van der Waals surface area contributed by atoms with Crippen LogP contribution < -0.4 is 5.73 Å². The van der Waals surface area contributed by atoms with Crippen LogP contribution in [-0.2, 0) is 7.05 Å². The highest BCUT2D eigenvalue weighted by Gasteiger charge is 2.17. The maximum Gasteiger partial charge on any atom is 0.167 e. The Bertz CT molecular complexity index is 509. The Labute approximate surface area is 110 Å². The summed E-state index contributed by atoms with van der Waals surface area (Å²) in [5, 5.41) is 1.09. The van der Waals surface area contributed by atoms with Gasteiger partial charge in [0.25, 0.3) is 0 Å². The van der Waals surface area contributed by atoms with Crippen LogP contribution in [0.1, 0.15) is 18.5 Å². The fraction of sp³-hybridized carbons (Fsp3) is 0.308. The predicted octanol–water partition coefficient (Wildman–Crippen LogP) is 2.74. The second-order valence-electron chi connectivity index (χ2n) is 4.22. The number of aryl methyl sites for hydroxylation is 1. The van der Waals surface area contributed by atoms with Crippen molar-refractivity contribution >= 4 is 11.8 Å². The summed E-state index contributed by atoms with van der Waals surface area (Å²) in [4.78, 5) is 4.26. The number of thioether (sulfide) groups is 1. The summed E-state index contributed by atoms with van der Waals surface area (Å²) in [7, 11) is 1.95. The number of nitrogens with zero attached hydrogens (tertiary/aromatic N) is 2.